The van der Waals surface area contributed by atoms with Gasteiger partial charge < -0.3 is 19.0 Å². The van der Waals surface area contributed by atoms with Crippen molar-refractivity contribution in [3.05, 3.63) is 48.1 Å². The molecule has 4 saturated carbocycles. The number of nitrogens with one attached hydrogen (secondary N) is 1. The van der Waals surface area contributed by atoms with Crippen molar-refractivity contribution in [2.45, 2.75) is 81.5 Å². The number of nitrogens with zero attached hydrogens (tertiary/aromatic N) is 3. The van der Waals surface area contributed by atoms with Gasteiger partial charge in [-0.1, -0.05) is 17.3 Å². The van der Waals surface area contributed by atoms with E-state index < -0.39 is 0 Å². The minimum Gasteiger partial charge on any atom is -0.440 e. The van der Waals surface area contributed by atoms with Gasteiger partial charge in [0.25, 0.3) is 0 Å². The highest BCUT2D eigenvalue weighted by Gasteiger charge is 2.52. The van der Waals surface area contributed by atoms with Gasteiger partial charge in [-0.15, -0.1) is 0 Å². The second-order valence-electron chi connectivity index (χ2n) is 11.4. The Morgan fingerprint density at radius 1 is 0.943 bits per heavy atom. The minimum atomic E-state index is 0.121. The smallest absolute Gasteiger partial charge is 0.232 e. The lowest BCUT2D eigenvalue weighted by Gasteiger charge is -2.52. The molecule has 2 aromatic heterocycles. The Balaban J connectivity index is 0.997. The molecule has 0 spiro atoms. The molecule has 0 atom stereocenters. The van der Waals surface area contributed by atoms with Crippen LogP contribution in [0.3, 0.4) is 0 Å². The summed E-state index contributed by atoms with van der Waals surface area (Å²) in [6, 6.07) is 8.56. The van der Waals surface area contributed by atoms with Crippen molar-refractivity contribution in [1.29, 1.82) is 0 Å². The number of hydrogen-bond acceptors (Lipinski definition) is 7. The van der Waals surface area contributed by atoms with E-state index in [9.17, 15) is 0 Å². The normalized spacial score (nSPS) is 28.9. The highest BCUT2D eigenvalue weighted by Crippen LogP contribution is 2.57. The summed E-state index contributed by atoms with van der Waals surface area (Å²) in [4.78, 5) is 9.42. The molecular weight excluding hydrogens is 440 g/mol. The van der Waals surface area contributed by atoms with Crippen molar-refractivity contribution in [2.75, 3.05) is 25.1 Å². The molecule has 0 radical (unpaired) electrons. The van der Waals surface area contributed by atoms with Crippen molar-refractivity contribution >= 4 is 5.69 Å². The maximum absolute atomic E-state index is 6.17. The molecule has 3 aromatic rings. The van der Waals surface area contributed by atoms with E-state index >= 15 is 0 Å². The van der Waals surface area contributed by atoms with E-state index in [4.69, 9.17) is 18.7 Å². The molecule has 5 aliphatic rings. The molecule has 4 aliphatic carbocycles. The first kappa shape index (κ1) is 21.6. The van der Waals surface area contributed by atoms with Gasteiger partial charge in [0.15, 0.2) is 17.5 Å². The summed E-state index contributed by atoms with van der Waals surface area (Å²) in [5.74, 6) is 4.48. The van der Waals surface area contributed by atoms with Gasteiger partial charge in [-0.2, -0.15) is 4.98 Å². The molecule has 35 heavy (non-hydrogen) atoms. The summed E-state index contributed by atoms with van der Waals surface area (Å²) in [6.45, 7) is 2.59. The summed E-state index contributed by atoms with van der Waals surface area (Å²) in [5.41, 5.74) is 2.71. The molecule has 1 N–H and O–H groups in total. The highest BCUT2D eigenvalue weighted by molar-refractivity contribution is 5.63. The maximum Gasteiger partial charge on any atom is 0.232 e. The van der Waals surface area contributed by atoms with Gasteiger partial charge in [0.05, 0.1) is 6.20 Å². The van der Waals surface area contributed by atoms with E-state index in [1.54, 1.807) is 0 Å². The van der Waals surface area contributed by atoms with Gasteiger partial charge in [-0.05, 0) is 81.8 Å². The van der Waals surface area contributed by atoms with Crippen LogP contribution in [0.15, 0.2) is 39.4 Å². The van der Waals surface area contributed by atoms with Gasteiger partial charge in [0.2, 0.25) is 5.89 Å². The second-order valence-corrected chi connectivity index (χ2v) is 11.4. The molecule has 8 rings (SSSR count). The predicted molar refractivity (Wildman–Crippen MR) is 131 cm³/mol. The number of aromatic nitrogens is 3. The largest absolute Gasteiger partial charge is 0.440 e. The van der Waals surface area contributed by atoms with Gasteiger partial charge in [0, 0.05) is 48.3 Å². The van der Waals surface area contributed by atoms with Crippen molar-refractivity contribution < 1.29 is 13.7 Å². The monoisotopic (exact) mass is 474 g/mol. The van der Waals surface area contributed by atoms with Crippen LogP contribution in [0.4, 0.5) is 5.69 Å². The van der Waals surface area contributed by atoms with Crippen LogP contribution in [-0.4, -0.2) is 34.9 Å². The van der Waals surface area contributed by atoms with Crippen molar-refractivity contribution in [1.82, 2.24) is 15.1 Å². The van der Waals surface area contributed by atoms with Crippen molar-refractivity contribution in [2.24, 2.45) is 5.41 Å². The Labute approximate surface area is 206 Å². The average Bonchev–Trinajstić information content (AvgIpc) is 3.44. The van der Waals surface area contributed by atoms with Gasteiger partial charge in [-0.3, -0.25) is 0 Å². The zero-order valence-electron chi connectivity index (χ0n) is 20.3. The van der Waals surface area contributed by atoms with Gasteiger partial charge in [0.1, 0.15) is 0 Å². The standard InChI is InChI=1S/C28H34N4O3/c1-2-21(23-17-29-25(34-23)20-6-14-33-15-7-20)16-22(3-1)30-18-27-8-11-28(12-9-27,13-10-27)26-31-24(32-35-26)19-4-5-19/h1-3,16-17,19-20,30H,4-15,18H2. The number of benzene rings is 1. The third kappa shape index (κ3) is 4.07. The first-order chi connectivity index (χ1) is 17.2. The summed E-state index contributed by atoms with van der Waals surface area (Å²) in [5, 5.41) is 8.06. The van der Waals surface area contributed by atoms with Crippen molar-refractivity contribution in [3.8, 4) is 11.3 Å². The van der Waals surface area contributed by atoms with Gasteiger partial charge in [-0.25, -0.2) is 4.98 Å². The number of oxazole rings is 1. The third-order valence-corrected chi connectivity index (χ3v) is 9.15. The fraction of sp³-hybridized carbons (Fsp3) is 0.607. The molecule has 0 unspecified atom stereocenters. The Bertz CT molecular complexity index is 1170. The summed E-state index contributed by atoms with van der Waals surface area (Å²) in [6.07, 6.45) is 13.4. The third-order valence-electron chi connectivity index (χ3n) is 9.15. The second kappa shape index (κ2) is 8.47. The van der Waals surface area contributed by atoms with Crippen molar-refractivity contribution in [3.63, 3.8) is 0 Å². The fourth-order valence-electron chi connectivity index (χ4n) is 6.43. The zero-order chi connectivity index (χ0) is 23.3. The first-order valence-corrected chi connectivity index (χ1v) is 13.4. The Kier molecular flexibility index (Phi) is 5.23. The quantitative estimate of drug-likeness (QED) is 0.436. The summed E-state index contributed by atoms with van der Waals surface area (Å²) < 4.78 is 17.4. The average molecular weight is 475 g/mol. The number of fused-ring (bicyclic) bond motifs is 3. The first-order valence-electron chi connectivity index (χ1n) is 13.4. The number of rotatable bonds is 7. The summed E-state index contributed by atoms with van der Waals surface area (Å²) in [7, 11) is 0. The van der Waals surface area contributed by atoms with Crippen LogP contribution in [0, 0.1) is 5.41 Å². The topological polar surface area (TPSA) is 86.2 Å². The molecule has 7 heteroatoms. The maximum atomic E-state index is 6.17. The van der Waals surface area contributed by atoms with Gasteiger partial charge >= 0.3 is 0 Å². The Morgan fingerprint density at radius 3 is 2.51 bits per heavy atom. The van der Waals surface area contributed by atoms with Crippen LogP contribution in [0.5, 0.6) is 0 Å². The lowest BCUT2D eigenvalue weighted by molar-refractivity contribution is 0.0322. The number of hydrogen-bond donors (Lipinski definition) is 1. The molecule has 1 saturated heterocycles. The molecular formula is C28H34N4O3. The van der Waals surface area contributed by atoms with E-state index in [1.807, 2.05) is 6.20 Å². The number of ether oxygens (including phenoxy) is 1. The van der Waals surface area contributed by atoms with Crippen LogP contribution in [0.25, 0.3) is 11.3 Å². The van der Waals surface area contributed by atoms with Crippen LogP contribution in [0.2, 0.25) is 0 Å². The van der Waals surface area contributed by atoms with Crippen LogP contribution < -0.4 is 5.32 Å². The molecule has 1 aliphatic heterocycles. The molecule has 3 heterocycles. The highest BCUT2D eigenvalue weighted by atomic mass is 16.5. The molecule has 5 fully saturated rings. The van der Waals surface area contributed by atoms with Crippen LogP contribution in [-0.2, 0) is 10.2 Å². The predicted octanol–water partition coefficient (Wildman–Crippen LogP) is 6.20. The molecule has 1 aromatic carbocycles. The van der Waals surface area contributed by atoms with Crippen LogP contribution >= 0.6 is 0 Å². The minimum absolute atomic E-state index is 0.121. The molecule has 0 amide bonds. The van der Waals surface area contributed by atoms with E-state index in [2.05, 4.69) is 39.7 Å². The Hall–Kier alpha value is -2.67. The van der Waals surface area contributed by atoms with E-state index in [0.717, 1.165) is 86.5 Å². The van der Waals surface area contributed by atoms with Crippen LogP contribution in [0.1, 0.15) is 93.6 Å². The molecule has 184 valence electrons. The fourth-order valence-corrected chi connectivity index (χ4v) is 6.43. The summed E-state index contributed by atoms with van der Waals surface area (Å²) >= 11 is 0. The molecule has 7 nitrogen and oxygen atoms in total. The zero-order valence-corrected chi connectivity index (χ0v) is 20.3. The molecule has 2 bridgehead atoms. The lowest BCUT2D eigenvalue weighted by atomic mass is 9.53. The SMILES string of the molecule is c1cc(NCC23CCC(c4nc(C5CC5)no4)(CC2)CC3)cc(-c2cnc(C3CCOCC3)o2)c1. The van der Waals surface area contributed by atoms with E-state index in [-0.39, 0.29) is 5.41 Å². The van der Waals surface area contributed by atoms with E-state index in [0.29, 0.717) is 17.3 Å². The Morgan fingerprint density at radius 2 is 1.74 bits per heavy atom. The lowest BCUT2D eigenvalue weighted by Crippen LogP contribution is -2.47. The van der Waals surface area contributed by atoms with E-state index in [1.165, 1.54) is 32.1 Å². The number of anilines is 1.